The number of aromatic nitrogens is 2. The first kappa shape index (κ1) is 21.4. The smallest absolute Gasteiger partial charge is 0.245 e. The first-order chi connectivity index (χ1) is 16.0. The van der Waals surface area contributed by atoms with Crippen LogP contribution >= 0.6 is 0 Å². The summed E-state index contributed by atoms with van der Waals surface area (Å²) in [4.78, 5) is 4.78. The molecule has 0 radical (unpaired) electrons. The number of sulfonamides is 1. The van der Waals surface area contributed by atoms with Gasteiger partial charge in [-0.05, 0) is 53.9 Å². The Morgan fingerprint density at radius 1 is 0.970 bits per heavy atom. The van der Waals surface area contributed by atoms with Crippen molar-refractivity contribution in [1.29, 1.82) is 0 Å². The van der Waals surface area contributed by atoms with Crippen LogP contribution in [0.2, 0.25) is 0 Å². The number of hydrogen-bond acceptors (Lipinski definition) is 7. The van der Waals surface area contributed by atoms with Crippen LogP contribution in [0.15, 0.2) is 70.1 Å². The Kier molecular flexibility index (Phi) is 5.51. The molecule has 0 saturated carbocycles. The van der Waals surface area contributed by atoms with Crippen LogP contribution in [0, 0.1) is 0 Å². The molecule has 1 atom stereocenters. The summed E-state index contributed by atoms with van der Waals surface area (Å²) in [5, 5.41) is 5.96. The first-order valence-electron chi connectivity index (χ1n) is 10.6. The zero-order valence-corrected chi connectivity index (χ0v) is 19.1. The van der Waals surface area contributed by atoms with Crippen molar-refractivity contribution in [3.63, 3.8) is 0 Å². The lowest BCUT2D eigenvalue weighted by molar-refractivity contribution is 0.290. The van der Waals surface area contributed by atoms with E-state index in [1.807, 2.05) is 30.3 Å². The minimum Gasteiger partial charge on any atom is -0.493 e. The third-order valence-electron chi connectivity index (χ3n) is 5.90. The van der Waals surface area contributed by atoms with Crippen LogP contribution in [0.1, 0.15) is 24.8 Å². The van der Waals surface area contributed by atoms with Gasteiger partial charge in [0, 0.05) is 12.1 Å². The molecule has 0 spiro atoms. The highest BCUT2D eigenvalue weighted by Gasteiger charge is 2.39. The predicted octanol–water partition coefficient (Wildman–Crippen LogP) is 4.43. The molecule has 0 unspecified atom stereocenters. The first-order valence-corrected chi connectivity index (χ1v) is 12.0. The normalized spacial score (nSPS) is 16.8. The second kappa shape index (κ2) is 8.49. The predicted molar refractivity (Wildman–Crippen MR) is 123 cm³/mol. The molecule has 8 nitrogen and oxygen atoms in total. The minimum absolute atomic E-state index is 0.257. The molecule has 0 bridgehead atoms. The lowest BCUT2D eigenvalue weighted by atomic mass is 10.1. The zero-order valence-electron chi connectivity index (χ0n) is 18.3. The van der Waals surface area contributed by atoms with E-state index in [1.165, 1.54) is 4.31 Å². The van der Waals surface area contributed by atoms with Gasteiger partial charge in [0.25, 0.3) is 0 Å². The fraction of sp³-hybridized carbons (Fsp3) is 0.250. The molecule has 1 aliphatic rings. The monoisotopic (exact) mass is 465 g/mol. The second-order valence-electron chi connectivity index (χ2n) is 7.81. The molecule has 33 heavy (non-hydrogen) atoms. The van der Waals surface area contributed by atoms with Crippen molar-refractivity contribution in [2.75, 3.05) is 20.8 Å². The van der Waals surface area contributed by atoms with E-state index in [2.05, 4.69) is 10.1 Å². The van der Waals surface area contributed by atoms with Crippen molar-refractivity contribution in [2.45, 2.75) is 23.8 Å². The van der Waals surface area contributed by atoms with Gasteiger partial charge in [0.1, 0.15) is 6.04 Å². The van der Waals surface area contributed by atoms with Crippen LogP contribution in [0.5, 0.6) is 11.5 Å². The molecule has 1 aliphatic heterocycles. The van der Waals surface area contributed by atoms with Crippen molar-refractivity contribution >= 4 is 20.8 Å². The number of fused-ring (bicyclic) bond motifs is 1. The molecule has 0 amide bonds. The average Bonchev–Trinajstić information content (AvgIpc) is 3.53. The third-order valence-corrected chi connectivity index (χ3v) is 7.80. The Labute approximate surface area is 191 Å². The van der Waals surface area contributed by atoms with E-state index in [0.717, 1.165) is 10.8 Å². The van der Waals surface area contributed by atoms with Crippen molar-refractivity contribution in [1.82, 2.24) is 14.4 Å². The molecule has 3 aromatic carbocycles. The zero-order chi connectivity index (χ0) is 23.0. The number of ether oxygens (including phenoxy) is 2. The highest BCUT2D eigenvalue weighted by Crippen LogP contribution is 2.38. The molecule has 1 aromatic heterocycles. The fourth-order valence-electron chi connectivity index (χ4n) is 4.20. The molecule has 0 N–H and O–H groups in total. The average molecular weight is 466 g/mol. The van der Waals surface area contributed by atoms with Crippen LogP contribution < -0.4 is 9.47 Å². The summed E-state index contributed by atoms with van der Waals surface area (Å²) >= 11 is 0. The van der Waals surface area contributed by atoms with Crippen molar-refractivity contribution in [2.24, 2.45) is 0 Å². The maximum Gasteiger partial charge on any atom is 0.245 e. The van der Waals surface area contributed by atoms with Gasteiger partial charge in [-0.15, -0.1) is 0 Å². The molecular formula is C24H23N3O5S. The van der Waals surface area contributed by atoms with E-state index in [-0.39, 0.29) is 10.8 Å². The lowest BCUT2D eigenvalue weighted by Gasteiger charge is -2.21. The molecule has 0 aliphatic carbocycles. The van der Waals surface area contributed by atoms with E-state index in [4.69, 9.17) is 14.0 Å². The standard InChI is InChI=1S/C24H23N3O5S/c1-30-21-12-10-18(15-22(21)31-2)23-25-24(32-26-23)20-8-5-13-27(20)33(28,29)19-11-9-16-6-3-4-7-17(16)14-19/h3-4,6-7,9-12,14-15,20H,5,8,13H2,1-2H3/t20-/m1/s1. The van der Waals surface area contributed by atoms with Gasteiger partial charge in [0.15, 0.2) is 11.5 Å². The maximum absolute atomic E-state index is 13.5. The number of benzene rings is 3. The SMILES string of the molecule is COc1ccc(-c2noc([C@H]3CCCN3S(=O)(=O)c3ccc4ccccc4c3)n2)cc1OC. The van der Waals surface area contributed by atoms with E-state index in [0.29, 0.717) is 42.3 Å². The Balaban J connectivity index is 1.46. The van der Waals surface area contributed by atoms with Gasteiger partial charge in [0.05, 0.1) is 19.1 Å². The summed E-state index contributed by atoms with van der Waals surface area (Å²) in [6.45, 7) is 0.397. The highest BCUT2D eigenvalue weighted by atomic mass is 32.2. The summed E-state index contributed by atoms with van der Waals surface area (Å²) in [5.74, 6) is 1.78. The van der Waals surface area contributed by atoms with E-state index in [1.54, 1.807) is 44.6 Å². The molecule has 4 aromatic rings. The highest BCUT2D eigenvalue weighted by molar-refractivity contribution is 7.89. The number of rotatable bonds is 6. The number of nitrogens with zero attached hydrogens (tertiary/aromatic N) is 3. The van der Waals surface area contributed by atoms with Crippen LogP contribution in [0.3, 0.4) is 0 Å². The molecular weight excluding hydrogens is 442 g/mol. The van der Waals surface area contributed by atoms with Crippen LogP contribution in [0.25, 0.3) is 22.2 Å². The Bertz CT molecular complexity index is 1420. The molecule has 170 valence electrons. The largest absolute Gasteiger partial charge is 0.493 e. The quantitative estimate of drug-likeness (QED) is 0.416. The summed E-state index contributed by atoms with van der Waals surface area (Å²) < 4.78 is 44.6. The van der Waals surface area contributed by atoms with E-state index in [9.17, 15) is 8.42 Å². The van der Waals surface area contributed by atoms with Gasteiger partial charge >= 0.3 is 0 Å². The van der Waals surface area contributed by atoms with Crippen LogP contribution in [0.4, 0.5) is 0 Å². The fourth-order valence-corrected chi connectivity index (χ4v) is 5.89. The van der Waals surface area contributed by atoms with E-state index < -0.39 is 16.1 Å². The Hall–Kier alpha value is -3.43. The molecule has 2 heterocycles. The lowest BCUT2D eigenvalue weighted by Crippen LogP contribution is -2.30. The summed E-state index contributed by atoms with van der Waals surface area (Å²) in [5.41, 5.74) is 0.685. The van der Waals surface area contributed by atoms with Gasteiger partial charge < -0.3 is 14.0 Å². The van der Waals surface area contributed by atoms with Gasteiger partial charge in [-0.1, -0.05) is 35.5 Å². The summed E-state index contributed by atoms with van der Waals surface area (Å²) in [7, 11) is -0.616. The van der Waals surface area contributed by atoms with Crippen molar-refractivity contribution in [3.05, 3.63) is 66.6 Å². The van der Waals surface area contributed by atoms with Gasteiger partial charge in [0.2, 0.25) is 21.7 Å². The van der Waals surface area contributed by atoms with Gasteiger partial charge in [-0.25, -0.2) is 8.42 Å². The van der Waals surface area contributed by atoms with Gasteiger partial charge in [-0.3, -0.25) is 0 Å². The van der Waals surface area contributed by atoms with Crippen LogP contribution in [-0.4, -0.2) is 43.6 Å². The second-order valence-corrected chi connectivity index (χ2v) is 9.70. The number of hydrogen-bond donors (Lipinski definition) is 0. The summed E-state index contributed by atoms with van der Waals surface area (Å²) in [6.07, 6.45) is 1.33. The summed E-state index contributed by atoms with van der Waals surface area (Å²) in [6, 6.07) is 17.7. The molecule has 1 fully saturated rings. The Morgan fingerprint density at radius 2 is 1.76 bits per heavy atom. The molecule has 5 rings (SSSR count). The Morgan fingerprint density at radius 3 is 2.55 bits per heavy atom. The topological polar surface area (TPSA) is 94.8 Å². The molecule has 9 heteroatoms. The van der Waals surface area contributed by atoms with Crippen molar-refractivity contribution in [3.8, 4) is 22.9 Å². The van der Waals surface area contributed by atoms with E-state index >= 15 is 0 Å². The molecule has 1 saturated heterocycles. The van der Waals surface area contributed by atoms with Crippen molar-refractivity contribution < 1.29 is 22.4 Å². The number of methoxy groups -OCH3 is 2. The minimum atomic E-state index is -3.73. The maximum atomic E-state index is 13.5. The van der Waals surface area contributed by atoms with Crippen LogP contribution in [-0.2, 0) is 10.0 Å². The third kappa shape index (κ3) is 3.83. The van der Waals surface area contributed by atoms with Gasteiger partial charge in [-0.2, -0.15) is 9.29 Å².